The lowest BCUT2D eigenvalue weighted by atomic mass is 10.1. The molecule has 0 radical (unpaired) electrons. The van der Waals surface area contributed by atoms with Crippen molar-refractivity contribution in [3.8, 4) is 68.6 Å². The summed E-state index contributed by atoms with van der Waals surface area (Å²) in [5.74, 6) is 3.36. The molecule has 0 amide bonds. The summed E-state index contributed by atoms with van der Waals surface area (Å²) in [5.41, 5.74) is 9.68. The van der Waals surface area contributed by atoms with Crippen LogP contribution in [0.25, 0.3) is 112 Å². The van der Waals surface area contributed by atoms with Gasteiger partial charge in [0, 0.05) is 55.0 Å². The number of nitrogens with zero attached hydrogens (tertiary/aromatic N) is 8. The first-order valence-electron chi connectivity index (χ1n) is 20.6. The van der Waals surface area contributed by atoms with Gasteiger partial charge in [0.1, 0.15) is 0 Å². The largest absolute Gasteiger partial charge is 0.309 e. The molecule has 0 saturated carbocycles. The van der Waals surface area contributed by atoms with Gasteiger partial charge in [0.05, 0.1) is 22.1 Å². The van der Waals surface area contributed by atoms with Crippen LogP contribution in [-0.4, -0.2) is 39.0 Å². The Morgan fingerprint density at radius 3 is 1.26 bits per heavy atom. The quantitative estimate of drug-likeness (QED) is 0.160. The highest BCUT2D eigenvalue weighted by Crippen LogP contribution is 2.42. The highest BCUT2D eigenvalue weighted by atomic mass is 15.2. The van der Waals surface area contributed by atoms with Crippen LogP contribution in [0.5, 0.6) is 0 Å². The molecule has 0 unspecified atom stereocenters. The van der Waals surface area contributed by atoms with Crippen molar-refractivity contribution in [1.82, 2.24) is 39.0 Å². The van der Waals surface area contributed by atoms with Crippen LogP contribution >= 0.6 is 0 Å². The molecular weight excluding hydrogens is 761 g/mol. The van der Waals surface area contributed by atoms with Crippen molar-refractivity contribution in [3.05, 3.63) is 206 Å². The molecular formula is C54H34N8. The number of para-hydroxylation sites is 3. The number of aromatic nitrogens is 8. The van der Waals surface area contributed by atoms with E-state index in [0.717, 1.165) is 77.1 Å². The Balaban J connectivity index is 1.11. The van der Waals surface area contributed by atoms with Gasteiger partial charge in [-0.3, -0.25) is 4.57 Å². The summed E-state index contributed by atoms with van der Waals surface area (Å²) in [6.45, 7) is 0. The topological polar surface area (TPSA) is 87.2 Å². The van der Waals surface area contributed by atoms with Crippen LogP contribution in [0.3, 0.4) is 0 Å². The van der Waals surface area contributed by atoms with Crippen LogP contribution in [0.2, 0.25) is 0 Å². The molecule has 0 spiro atoms. The monoisotopic (exact) mass is 794 g/mol. The maximum atomic E-state index is 5.37. The van der Waals surface area contributed by atoms with Gasteiger partial charge in [-0.25, -0.2) is 19.9 Å². The van der Waals surface area contributed by atoms with Crippen LogP contribution in [0.4, 0.5) is 0 Å². The van der Waals surface area contributed by atoms with Gasteiger partial charge in [-0.1, -0.05) is 170 Å². The van der Waals surface area contributed by atoms with Gasteiger partial charge in [0.15, 0.2) is 29.1 Å². The molecule has 4 aromatic heterocycles. The Kier molecular flexibility index (Phi) is 8.31. The molecule has 0 fully saturated rings. The van der Waals surface area contributed by atoms with E-state index in [1.54, 1.807) is 0 Å². The van der Waals surface area contributed by atoms with Gasteiger partial charge in [-0.05, 0) is 36.4 Å². The minimum absolute atomic E-state index is 0.521. The van der Waals surface area contributed by atoms with E-state index in [4.69, 9.17) is 29.9 Å². The average molecular weight is 795 g/mol. The SMILES string of the molecule is c1ccc(-c2nc(-c3ccccc3)nc(-c3cccc(-c4nc(-c5ccccc5)nc(-n5c6ccccc6c6ccc7c(c8ccccc8n7-c7ccccc7)c65)n4)c3)n2)cc1. The van der Waals surface area contributed by atoms with Gasteiger partial charge in [-0.15, -0.1) is 0 Å². The highest BCUT2D eigenvalue weighted by Gasteiger charge is 2.23. The smallest absolute Gasteiger partial charge is 0.238 e. The molecule has 0 saturated heterocycles. The van der Waals surface area contributed by atoms with E-state index < -0.39 is 0 Å². The van der Waals surface area contributed by atoms with E-state index in [9.17, 15) is 0 Å². The van der Waals surface area contributed by atoms with Gasteiger partial charge >= 0.3 is 0 Å². The van der Waals surface area contributed by atoms with Crippen molar-refractivity contribution in [1.29, 1.82) is 0 Å². The summed E-state index contributed by atoms with van der Waals surface area (Å²) in [6, 6.07) is 70.4. The van der Waals surface area contributed by atoms with Gasteiger partial charge in [0.25, 0.3) is 0 Å². The second-order valence-electron chi connectivity index (χ2n) is 15.2. The average Bonchev–Trinajstić information content (AvgIpc) is 3.88. The molecule has 0 aliphatic heterocycles. The molecule has 8 aromatic carbocycles. The number of fused-ring (bicyclic) bond motifs is 7. The van der Waals surface area contributed by atoms with Crippen molar-refractivity contribution in [2.24, 2.45) is 0 Å². The summed E-state index contributed by atoms with van der Waals surface area (Å²) in [4.78, 5) is 30.8. The third-order valence-electron chi connectivity index (χ3n) is 11.4. The van der Waals surface area contributed by atoms with E-state index in [0.29, 0.717) is 35.1 Å². The number of benzene rings is 8. The summed E-state index contributed by atoms with van der Waals surface area (Å²) in [6.07, 6.45) is 0. The number of hydrogen-bond donors (Lipinski definition) is 0. The van der Waals surface area contributed by atoms with Gasteiger partial charge in [0.2, 0.25) is 5.95 Å². The molecule has 0 aliphatic rings. The molecule has 8 heteroatoms. The zero-order valence-corrected chi connectivity index (χ0v) is 33.2. The molecule has 62 heavy (non-hydrogen) atoms. The lowest BCUT2D eigenvalue weighted by Crippen LogP contribution is -2.06. The molecule has 12 aromatic rings. The van der Waals surface area contributed by atoms with E-state index >= 15 is 0 Å². The summed E-state index contributed by atoms with van der Waals surface area (Å²) >= 11 is 0. The van der Waals surface area contributed by atoms with E-state index in [-0.39, 0.29) is 0 Å². The first-order valence-corrected chi connectivity index (χ1v) is 20.6. The Bertz CT molecular complexity index is 3560. The van der Waals surface area contributed by atoms with Crippen molar-refractivity contribution < 1.29 is 0 Å². The Labute approximate surface area is 356 Å². The minimum Gasteiger partial charge on any atom is -0.309 e. The summed E-state index contributed by atoms with van der Waals surface area (Å²) < 4.78 is 4.57. The fraction of sp³-hybridized carbons (Fsp3) is 0. The summed E-state index contributed by atoms with van der Waals surface area (Å²) in [7, 11) is 0. The molecule has 0 N–H and O–H groups in total. The van der Waals surface area contributed by atoms with Crippen LogP contribution in [-0.2, 0) is 0 Å². The maximum Gasteiger partial charge on any atom is 0.238 e. The second-order valence-corrected chi connectivity index (χ2v) is 15.2. The van der Waals surface area contributed by atoms with E-state index in [1.165, 1.54) is 0 Å². The zero-order chi connectivity index (χ0) is 41.0. The molecule has 12 rings (SSSR count). The Hall–Kier alpha value is -8.62. The Morgan fingerprint density at radius 1 is 0.274 bits per heavy atom. The molecule has 8 nitrogen and oxygen atoms in total. The molecule has 0 atom stereocenters. The van der Waals surface area contributed by atoms with Crippen LogP contribution in [0.15, 0.2) is 206 Å². The van der Waals surface area contributed by atoms with Crippen LogP contribution in [0.1, 0.15) is 0 Å². The third-order valence-corrected chi connectivity index (χ3v) is 11.4. The van der Waals surface area contributed by atoms with Crippen LogP contribution in [0, 0.1) is 0 Å². The zero-order valence-electron chi connectivity index (χ0n) is 33.2. The predicted molar refractivity (Wildman–Crippen MR) is 249 cm³/mol. The van der Waals surface area contributed by atoms with E-state index in [2.05, 4.69) is 106 Å². The first-order chi connectivity index (χ1) is 30.7. The van der Waals surface area contributed by atoms with Crippen molar-refractivity contribution in [2.45, 2.75) is 0 Å². The lowest BCUT2D eigenvalue weighted by Gasteiger charge is -2.12. The fourth-order valence-corrected chi connectivity index (χ4v) is 8.62. The first kappa shape index (κ1) is 35.3. The summed E-state index contributed by atoms with van der Waals surface area (Å²) in [5, 5.41) is 4.51. The minimum atomic E-state index is 0.521. The van der Waals surface area contributed by atoms with Crippen LogP contribution < -0.4 is 0 Å². The number of hydrogen-bond acceptors (Lipinski definition) is 6. The van der Waals surface area contributed by atoms with Gasteiger partial charge < -0.3 is 4.57 Å². The highest BCUT2D eigenvalue weighted by molar-refractivity contribution is 6.26. The van der Waals surface area contributed by atoms with Crippen molar-refractivity contribution in [3.63, 3.8) is 0 Å². The molecule has 0 aliphatic carbocycles. The van der Waals surface area contributed by atoms with Gasteiger partial charge in [-0.2, -0.15) is 9.97 Å². The maximum absolute atomic E-state index is 5.37. The second kappa shape index (κ2) is 14.6. The lowest BCUT2D eigenvalue weighted by molar-refractivity contribution is 0.955. The fourth-order valence-electron chi connectivity index (χ4n) is 8.62. The normalized spacial score (nSPS) is 11.5. The molecule has 4 heterocycles. The number of rotatable bonds is 7. The predicted octanol–water partition coefficient (Wildman–Crippen LogP) is 12.6. The van der Waals surface area contributed by atoms with Crippen molar-refractivity contribution in [2.75, 3.05) is 0 Å². The molecule has 0 bridgehead atoms. The third kappa shape index (κ3) is 5.92. The van der Waals surface area contributed by atoms with Crippen molar-refractivity contribution >= 4 is 43.6 Å². The molecule has 290 valence electrons. The standard InChI is InChI=1S/C54H34N8/c1-5-18-35(19-6-1)49-55-50(36-20-7-2-8-21-36)57-52(56-49)38-24-17-25-39(34-38)53-58-51(37-22-9-3-10-23-37)59-54(60-53)62-44-30-15-13-28-41(44)42-32-33-46-47(48(42)62)43-29-14-16-31-45(43)61(46)40-26-11-4-12-27-40/h1-34H. The Morgan fingerprint density at radius 2 is 0.694 bits per heavy atom. The van der Waals surface area contributed by atoms with E-state index in [1.807, 2.05) is 109 Å².